The second-order valence-electron chi connectivity index (χ2n) is 6.85. The second kappa shape index (κ2) is 6.75. The smallest absolute Gasteiger partial charge is 0.289 e. The monoisotopic (exact) mass is 338 g/mol. The summed E-state index contributed by atoms with van der Waals surface area (Å²) in [6, 6.07) is 11.7. The summed E-state index contributed by atoms with van der Waals surface area (Å²) >= 11 is 0. The number of hydrogen-bond acceptors (Lipinski definition) is 3. The standard InChI is InChI=1S/C20H22N2O3/c23-19(22-11-9-15-5-1-2-6-16(15)13-22)17-7-3-10-21(14-17)20(24)18-8-4-12-25-18/h1-2,4-6,8,12,17H,3,7,9-11,13-14H2/t17-/m1/s1. The van der Waals surface area contributed by atoms with Crippen LogP contribution in [-0.2, 0) is 17.8 Å². The number of nitrogens with zero attached hydrogens (tertiary/aromatic N) is 2. The lowest BCUT2D eigenvalue weighted by Crippen LogP contribution is -2.47. The molecule has 130 valence electrons. The van der Waals surface area contributed by atoms with Crippen LogP contribution in [0.15, 0.2) is 47.1 Å². The van der Waals surface area contributed by atoms with Crippen LogP contribution in [0, 0.1) is 5.92 Å². The van der Waals surface area contributed by atoms with Crippen molar-refractivity contribution in [2.75, 3.05) is 19.6 Å². The lowest BCUT2D eigenvalue weighted by atomic mass is 9.94. The predicted molar refractivity (Wildman–Crippen MR) is 92.9 cm³/mol. The molecular weight excluding hydrogens is 316 g/mol. The van der Waals surface area contributed by atoms with Crippen molar-refractivity contribution in [1.82, 2.24) is 9.80 Å². The largest absolute Gasteiger partial charge is 0.459 e. The van der Waals surface area contributed by atoms with Gasteiger partial charge in [0.05, 0.1) is 12.2 Å². The molecule has 5 nitrogen and oxygen atoms in total. The Morgan fingerprint density at radius 1 is 1.00 bits per heavy atom. The summed E-state index contributed by atoms with van der Waals surface area (Å²) in [4.78, 5) is 29.2. The van der Waals surface area contributed by atoms with E-state index in [9.17, 15) is 9.59 Å². The normalized spacial score (nSPS) is 20.2. The van der Waals surface area contributed by atoms with Gasteiger partial charge in [0, 0.05) is 26.2 Å². The molecule has 0 radical (unpaired) electrons. The van der Waals surface area contributed by atoms with Gasteiger partial charge in [0.2, 0.25) is 5.91 Å². The van der Waals surface area contributed by atoms with Gasteiger partial charge in [-0.05, 0) is 42.5 Å². The van der Waals surface area contributed by atoms with Crippen molar-refractivity contribution in [3.05, 3.63) is 59.5 Å². The molecule has 0 saturated carbocycles. The van der Waals surface area contributed by atoms with Crippen LogP contribution in [0.5, 0.6) is 0 Å². The van der Waals surface area contributed by atoms with Crippen molar-refractivity contribution < 1.29 is 14.0 Å². The molecule has 2 aromatic rings. The lowest BCUT2D eigenvalue weighted by molar-refractivity contribution is -0.137. The maximum Gasteiger partial charge on any atom is 0.289 e. The average Bonchev–Trinajstić information content (AvgIpc) is 3.21. The van der Waals surface area contributed by atoms with Gasteiger partial charge in [0.25, 0.3) is 5.91 Å². The van der Waals surface area contributed by atoms with Gasteiger partial charge in [-0.25, -0.2) is 0 Å². The van der Waals surface area contributed by atoms with E-state index in [-0.39, 0.29) is 17.7 Å². The number of carbonyl (C=O) groups excluding carboxylic acids is 2. The molecule has 4 rings (SSSR count). The van der Waals surface area contributed by atoms with Gasteiger partial charge in [-0.2, -0.15) is 0 Å². The number of likely N-dealkylation sites (tertiary alicyclic amines) is 1. The quantitative estimate of drug-likeness (QED) is 0.846. The van der Waals surface area contributed by atoms with Crippen LogP contribution in [0.2, 0.25) is 0 Å². The molecule has 0 spiro atoms. The first kappa shape index (κ1) is 15.9. The molecule has 1 aromatic carbocycles. The summed E-state index contributed by atoms with van der Waals surface area (Å²) < 4.78 is 5.21. The molecule has 2 amide bonds. The third-order valence-electron chi connectivity index (χ3n) is 5.23. The highest BCUT2D eigenvalue weighted by atomic mass is 16.3. The SMILES string of the molecule is O=C(c1ccco1)N1CCC[C@@H](C(=O)N2CCc3ccccc3C2)C1. The van der Waals surface area contributed by atoms with Crippen molar-refractivity contribution in [3.8, 4) is 0 Å². The number of piperidine rings is 1. The molecule has 0 unspecified atom stereocenters. The summed E-state index contributed by atoms with van der Waals surface area (Å²) in [5.41, 5.74) is 2.58. The van der Waals surface area contributed by atoms with E-state index in [1.54, 1.807) is 17.0 Å². The van der Waals surface area contributed by atoms with Crippen LogP contribution in [0.3, 0.4) is 0 Å². The average molecular weight is 338 g/mol. The molecule has 0 aliphatic carbocycles. The van der Waals surface area contributed by atoms with Gasteiger partial charge in [-0.3, -0.25) is 9.59 Å². The number of amides is 2. The molecule has 2 aliphatic rings. The zero-order valence-corrected chi connectivity index (χ0v) is 14.2. The Bertz CT molecular complexity index is 769. The summed E-state index contributed by atoms with van der Waals surface area (Å²) in [7, 11) is 0. The minimum absolute atomic E-state index is 0.113. The minimum atomic E-state index is -0.119. The Hall–Kier alpha value is -2.56. The van der Waals surface area contributed by atoms with Crippen molar-refractivity contribution in [2.45, 2.75) is 25.8 Å². The van der Waals surface area contributed by atoms with E-state index in [4.69, 9.17) is 4.42 Å². The first-order valence-electron chi connectivity index (χ1n) is 8.91. The van der Waals surface area contributed by atoms with E-state index >= 15 is 0 Å². The van der Waals surface area contributed by atoms with Gasteiger partial charge in [-0.1, -0.05) is 24.3 Å². The first-order chi connectivity index (χ1) is 12.2. The number of furan rings is 1. The third kappa shape index (κ3) is 3.18. The van der Waals surface area contributed by atoms with E-state index in [1.807, 2.05) is 11.0 Å². The Balaban J connectivity index is 1.43. The summed E-state index contributed by atoms with van der Waals surface area (Å²) in [6.45, 7) is 2.61. The van der Waals surface area contributed by atoms with Crippen molar-refractivity contribution in [1.29, 1.82) is 0 Å². The van der Waals surface area contributed by atoms with Crippen LogP contribution in [0.4, 0.5) is 0 Å². The van der Waals surface area contributed by atoms with Crippen LogP contribution in [0.25, 0.3) is 0 Å². The van der Waals surface area contributed by atoms with Gasteiger partial charge in [0.15, 0.2) is 5.76 Å². The fourth-order valence-electron chi connectivity index (χ4n) is 3.86. The summed E-state index contributed by atoms with van der Waals surface area (Å²) in [6.07, 6.45) is 4.11. The Morgan fingerprint density at radius 2 is 1.84 bits per heavy atom. The molecule has 1 saturated heterocycles. The van der Waals surface area contributed by atoms with E-state index in [0.717, 1.165) is 25.8 Å². The maximum absolute atomic E-state index is 13.0. The zero-order chi connectivity index (χ0) is 17.2. The molecule has 0 N–H and O–H groups in total. The predicted octanol–water partition coefficient (Wildman–Crippen LogP) is 2.72. The fraction of sp³-hybridized carbons (Fsp3) is 0.400. The van der Waals surface area contributed by atoms with Crippen LogP contribution in [0.1, 0.15) is 34.5 Å². The topological polar surface area (TPSA) is 53.8 Å². The zero-order valence-electron chi connectivity index (χ0n) is 14.2. The van der Waals surface area contributed by atoms with E-state index in [1.165, 1.54) is 17.4 Å². The number of rotatable bonds is 2. The Labute approximate surface area is 147 Å². The Kier molecular flexibility index (Phi) is 4.30. The van der Waals surface area contributed by atoms with Gasteiger partial charge in [-0.15, -0.1) is 0 Å². The van der Waals surface area contributed by atoms with Crippen molar-refractivity contribution >= 4 is 11.8 Å². The summed E-state index contributed by atoms with van der Waals surface area (Å²) in [5, 5.41) is 0. The number of hydrogen-bond donors (Lipinski definition) is 0. The second-order valence-corrected chi connectivity index (χ2v) is 6.85. The Morgan fingerprint density at radius 3 is 2.64 bits per heavy atom. The first-order valence-corrected chi connectivity index (χ1v) is 8.91. The van der Waals surface area contributed by atoms with E-state index in [0.29, 0.717) is 25.4 Å². The summed E-state index contributed by atoms with van der Waals surface area (Å²) in [5.74, 6) is 0.288. The van der Waals surface area contributed by atoms with Gasteiger partial charge < -0.3 is 14.2 Å². The minimum Gasteiger partial charge on any atom is -0.459 e. The molecule has 0 bridgehead atoms. The highest BCUT2D eigenvalue weighted by Crippen LogP contribution is 2.25. The molecular formula is C20H22N2O3. The fourth-order valence-corrected chi connectivity index (χ4v) is 3.86. The maximum atomic E-state index is 13.0. The highest BCUT2D eigenvalue weighted by Gasteiger charge is 2.33. The molecule has 1 atom stereocenters. The number of fused-ring (bicyclic) bond motifs is 1. The molecule has 2 aliphatic heterocycles. The molecule has 3 heterocycles. The highest BCUT2D eigenvalue weighted by molar-refractivity contribution is 5.92. The molecule has 25 heavy (non-hydrogen) atoms. The molecule has 5 heteroatoms. The van der Waals surface area contributed by atoms with Gasteiger partial charge >= 0.3 is 0 Å². The van der Waals surface area contributed by atoms with Crippen LogP contribution >= 0.6 is 0 Å². The lowest BCUT2D eigenvalue weighted by Gasteiger charge is -2.36. The van der Waals surface area contributed by atoms with Gasteiger partial charge in [0.1, 0.15) is 0 Å². The number of carbonyl (C=O) groups is 2. The van der Waals surface area contributed by atoms with Crippen molar-refractivity contribution in [3.63, 3.8) is 0 Å². The van der Waals surface area contributed by atoms with Crippen molar-refractivity contribution in [2.24, 2.45) is 5.92 Å². The van der Waals surface area contributed by atoms with Crippen LogP contribution in [-0.4, -0.2) is 41.2 Å². The van der Waals surface area contributed by atoms with E-state index in [2.05, 4.69) is 18.2 Å². The number of benzene rings is 1. The van der Waals surface area contributed by atoms with E-state index < -0.39 is 0 Å². The third-order valence-corrected chi connectivity index (χ3v) is 5.23. The molecule has 1 aromatic heterocycles. The van der Waals surface area contributed by atoms with Crippen LogP contribution < -0.4 is 0 Å². The molecule has 1 fully saturated rings.